The molecule has 21 heavy (non-hydrogen) atoms. The van der Waals surface area contributed by atoms with Crippen LogP contribution in [0.25, 0.3) is 0 Å². The first-order valence-electron chi connectivity index (χ1n) is 7.33. The van der Waals surface area contributed by atoms with Crippen LogP contribution in [0.5, 0.6) is 0 Å². The minimum Gasteiger partial charge on any atom is -0.467 e. The van der Waals surface area contributed by atoms with E-state index in [2.05, 4.69) is 5.32 Å². The zero-order chi connectivity index (χ0) is 15.1. The van der Waals surface area contributed by atoms with Crippen molar-refractivity contribution in [2.45, 2.75) is 54.7 Å². The summed E-state index contributed by atoms with van der Waals surface area (Å²) in [6.45, 7) is 0. The van der Waals surface area contributed by atoms with E-state index in [0.717, 1.165) is 24.3 Å². The molecular formula is C14H20ClNO4S. The summed E-state index contributed by atoms with van der Waals surface area (Å²) >= 11 is 8.33. The molecule has 3 aliphatic heterocycles. The molecule has 0 radical (unpaired) electrons. The number of thioether (sulfide) groups is 1. The van der Waals surface area contributed by atoms with E-state index >= 15 is 0 Å². The molecule has 0 aliphatic carbocycles. The number of fused-ring (bicyclic) bond motifs is 2. The lowest BCUT2D eigenvalue weighted by Crippen LogP contribution is -2.62. The van der Waals surface area contributed by atoms with Crippen molar-refractivity contribution in [3.63, 3.8) is 0 Å². The Hall–Kier alpha value is -0.460. The first-order chi connectivity index (χ1) is 10.00. The average Bonchev–Trinajstić information content (AvgIpc) is 3.08. The minimum absolute atomic E-state index is 0.0780. The summed E-state index contributed by atoms with van der Waals surface area (Å²) in [7, 11) is 1.36. The minimum atomic E-state index is -1.03. The van der Waals surface area contributed by atoms with Crippen LogP contribution in [-0.2, 0) is 19.1 Å². The van der Waals surface area contributed by atoms with E-state index in [1.54, 1.807) is 11.8 Å². The third kappa shape index (κ3) is 2.55. The van der Waals surface area contributed by atoms with Gasteiger partial charge in [0.05, 0.1) is 19.3 Å². The predicted molar refractivity (Wildman–Crippen MR) is 80.5 cm³/mol. The van der Waals surface area contributed by atoms with Crippen molar-refractivity contribution in [2.75, 3.05) is 18.6 Å². The summed E-state index contributed by atoms with van der Waals surface area (Å²) in [5.74, 6) is 0.995. The van der Waals surface area contributed by atoms with Crippen LogP contribution in [0.1, 0.15) is 32.1 Å². The Morgan fingerprint density at radius 1 is 1.33 bits per heavy atom. The van der Waals surface area contributed by atoms with Gasteiger partial charge in [-0.25, -0.2) is 4.79 Å². The number of alkyl halides is 1. The van der Waals surface area contributed by atoms with E-state index in [1.807, 2.05) is 0 Å². The fraction of sp³-hybridized carbons (Fsp3) is 0.857. The highest BCUT2D eigenvalue weighted by molar-refractivity contribution is 7.99. The second kappa shape index (κ2) is 5.63. The molecule has 3 atom stereocenters. The first-order valence-corrected chi connectivity index (χ1v) is 8.87. The smallest absolute Gasteiger partial charge is 0.331 e. The van der Waals surface area contributed by atoms with E-state index in [0.29, 0.717) is 19.3 Å². The highest BCUT2D eigenvalue weighted by Crippen LogP contribution is 2.46. The van der Waals surface area contributed by atoms with Crippen molar-refractivity contribution in [1.29, 1.82) is 0 Å². The fourth-order valence-electron chi connectivity index (χ4n) is 3.51. The van der Waals surface area contributed by atoms with Crippen LogP contribution in [0.15, 0.2) is 0 Å². The average molecular weight is 334 g/mol. The van der Waals surface area contributed by atoms with E-state index in [9.17, 15) is 9.59 Å². The van der Waals surface area contributed by atoms with Gasteiger partial charge in [0.1, 0.15) is 5.54 Å². The molecule has 0 spiro atoms. The maximum Gasteiger partial charge on any atom is 0.331 e. The molecule has 1 N–H and O–H groups in total. The number of carbonyl (C=O) groups excluding carboxylic acids is 2. The standard InChI is InChI=1S/C14H20ClNO4S/c1-19-12(18)13(4-6-21-7-5-13)16-11(17)14(15)8-9-2-3-10(14)20-9/h9-10H,2-8H2,1H3,(H,16,17). The van der Waals surface area contributed by atoms with Crippen molar-refractivity contribution in [2.24, 2.45) is 0 Å². The van der Waals surface area contributed by atoms with E-state index < -0.39 is 10.4 Å². The van der Waals surface area contributed by atoms with Gasteiger partial charge in [0.25, 0.3) is 0 Å². The summed E-state index contributed by atoms with van der Waals surface area (Å²) in [6.07, 6.45) is 3.30. The molecule has 0 saturated carbocycles. The number of hydrogen-bond acceptors (Lipinski definition) is 5. The largest absolute Gasteiger partial charge is 0.467 e. The van der Waals surface area contributed by atoms with Gasteiger partial charge in [-0.05, 0) is 37.2 Å². The second-order valence-corrected chi connectivity index (χ2v) is 7.93. The SMILES string of the molecule is COC(=O)C1(NC(=O)C2(Cl)CC3CCC2O3)CCSCC1. The zero-order valence-electron chi connectivity index (χ0n) is 12.0. The zero-order valence-corrected chi connectivity index (χ0v) is 13.6. The molecule has 118 valence electrons. The normalized spacial score (nSPS) is 37.2. The van der Waals surface area contributed by atoms with Crippen LogP contribution in [0.2, 0.25) is 0 Å². The van der Waals surface area contributed by atoms with E-state index in [4.69, 9.17) is 21.1 Å². The summed E-state index contributed by atoms with van der Waals surface area (Å²) < 4.78 is 10.6. The molecule has 0 aromatic carbocycles. The Balaban J connectivity index is 1.76. The molecule has 3 aliphatic rings. The van der Waals surface area contributed by atoms with Gasteiger partial charge >= 0.3 is 5.97 Å². The number of esters is 1. The van der Waals surface area contributed by atoms with Crippen molar-refractivity contribution in [3.05, 3.63) is 0 Å². The van der Waals surface area contributed by atoms with Crippen LogP contribution in [0.4, 0.5) is 0 Å². The Bertz CT molecular complexity index is 454. The third-order valence-corrected chi connectivity index (χ3v) is 6.35. The molecule has 7 heteroatoms. The number of carbonyl (C=O) groups is 2. The van der Waals surface area contributed by atoms with Crippen LogP contribution in [0.3, 0.4) is 0 Å². The lowest BCUT2D eigenvalue weighted by atomic mass is 9.85. The highest BCUT2D eigenvalue weighted by atomic mass is 35.5. The van der Waals surface area contributed by atoms with Crippen LogP contribution in [0, 0.1) is 0 Å². The Morgan fingerprint density at radius 2 is 2.05 bits per heavy atom. The summed E-state index contributed by atoms with van der Waals surface area (Å²) in [5.41, 5.74) is -0.930. The van der Waals surface area contributed by atoms with Gasteiger partial charge in [-0.15, -0.1) is 11.6 Å². The number of methoxy groups -OCH3 is 1. The van der Waals surface area contributed by atoms with Crippen molar-refractivity contribution in [3.8, 4) is 0 Å². The molecule has 3 fully saturated rings. The second-order valence-electron chi connectivity index (χ2n) is 6.03. The topological polar surface area (TPSA) is 64.6 Å². The lowest BCUT2D eigenvalue weighted by Gasteiger charge is -2.38. The maximum atomic E-state index is 12.7. The van der Waals surface area contributed by atoms with Gasteiger partial charge in [-0.1, -0.05) is 0 Å². The van der Waals surface area contributed by atoms with Crippen molar-refractivity contribution in [1.82, 2.24) is 5.32 Å². The number of amides is 1. The van der Waals surface area contributed by atoms with Gasteiger partial charge in [-0.2, -0.15) is 11.8 Å². The number of nitrogens with one attached hydrogen (secondary N) is 1. The molecule has 5 nitrogen and oxygen atoms in total. The van der Waals surface area contributed by atoms with Gasteiger partial charge in [0.15, 0.2) is 4.87 Å². The number of rotatable bonds is 3. The van der Waals surface area contributed by atoms with Gasteiger partial charge in [0, 0.05) is 6.42 Å². The number of hydrogen-bond donors (Lipinski definition) is 1. The number of ether oxygens (including phenoxy) is 2. The molecule has 3 unspecified atom stereocenters. The van der Waals surface area contributed by atoms with Crippen molar-refractivity contribution >= 4 is 35.2 Å². The maximum absolute atomic E-state index is 12.7. The molecule has 3 saturated heterocycles. The molecule has 0 aromatic heterocycles. The molecule has 3 rings (SSSR count). The van der Waals surface area contributed by atoms with Gasteiger partial charge in [0.2, 0.25) is 5.91 Å². The molecule has 0 aromatic rings. The fourth-order valence-corrected chi connectivity index (χ4v) is 5.08. The first kappa shape index (κ1) is 15.4. The summed E-state index contributed by atoms with van der Waals surface area (Å²) in [5, 5.41) is 2.91. The Kier molecular flexibility index (Phi) is 4.14. The molecule has 3 heterocycles. The predicted octanol–water partition coefficient (Wildman–Crippen LogP) is 1.47. The van der Waals surface area contributed by atoms with E-state index in [-0.39, 0.29) is 24.1 Å². The molecule has 1 amide bonds. The molecular weight excluding hydrogens is 314 g/mol. The monoisotopic (exact) mass is 333 g/mol. The Labute approximate surface area is 133 Å². The van der Waals surface area contributed by atoms with E-state index in [1.165, 1.54) is 7.11 Å². The van der Waals surface area contributed by atoms with Gasteiger partial charge < -0.3 is 14.8 Å². The lowest BCUT2D eigenvalue weighted by molar-refractivity contribution is -0.152. The van der Waals surface area contributed by atoms with Crippen LogP contribution < -0.4 is 5.32 Å². The quantitative estimate of drug-likeness (QED) is 0.626. The third-order valence-electron chi connectivity index (χ3n) is 4.80. The Morgan fingerprint density at radius 3 is 2.57 bits per heavy atom. The summed E-state index contributed by atoms with van der Waals surface area (Å²) in [6, 6.07) is 0. The summed E-state index contributed by atoms with van der Waals surface area (Å²) in [4.78, 5) is 23.9. The van der Waals surface area contributed by atoms with Crippen LogP contribution >= 0.6 is 23.4 Å². The number of halogens is 1. The highest BCUT2D eigenvalue weighted by Gasteiger charge is 2.58. The van der Waals surface area contributed by atoms with Gasteiger partial charge in [-0.3, -0.25) is 4.79 Å². The molecule has 2 bridgehead atoms. The van der Waals surface area contributed by atoms with Crippen molar-refractivity contribution < 1.29 is 19.1 Å². The van der Waals surface area contributed by atoms with Crippen LogP contribution in [-0.4, -0.2) is 53.1 Å².